The number of hydrogen-bond donors (Lipinski definition) is 1. The van der Waals surface area contributed by atoms with Crippen LogP contribution in [0.4, 0.5) is 5.69 Å². The van der Waals surface area contributed by atoms with Gasteiger partial charge in [0.15, 0.2) is 0 Å². The minimum atomic E-state index is -3.77. The molecule has 0 aliphatic rings. The highest BCUT2D eigenvalue weighted by molar-refractivity contribution is 7.89. The van der Waals surface area contributed by atoms with E-state index in [2.05, 4.69) is 5.32 Å². The summed E-state index contributed by atoms with van der Waals surface area (Å²) < 4.78 is 38.0. The van der Waals surface area contributed by atoms with Gasteiger partial charge in [-0.05, 0) is 73.7 Å². The molecule has 0 atom stereocenters. The highest BCUT2D eigenvalue weighted by atomic mass is 35.5. The van der Waals surface area contributed by atoms with Gasteiger partial charge in [0.05, 0.1) is 18.6 Å². The fraction of sp³-hybridized carbons (Fsp3) is 0.208. The molecule has 0 unspecified atom stereocenters. The highest BCUT2D eigenvalue weighted by Crippen LogP contribution is 2.26. The lowest BCUT2D eigenvalue weighted by Crippen LogP contribution is -2.27. The van der Waals surface area contributed by atoms with Gasteiger partial charge in [0.1, 0.15) is 11.5 Å². The van der Waals surface area contributed by atoms with E-state index in [4.69, 9.17) is 21.1 Å². The molecular formula is C24H25ClN2O5S. The number of ether oxygens (including phenoxy) is 2. The fourth-order valence-corrected chi connectivity index (χ4v) is 4.40. The third-order valence-electron chi connectivity index (χ3n) is 4.89. The molecule has 1 amide bonds. The number of halogens is 1. The van der Waals surface area contributed by atoms with Crippen molar-refractivity contribution in [2.75, 3.05) is 26.1 Å². The lowest BCUT2D eigenvalue weighted by atomic mass is 10.1. The van der Waals surface area contributed by atoms with E-state index in [0.29, 0.717) is 39.9 Å². The predicted molar refractivity (Wildman–Crippen MR) is 129 cm³/mol. The van der Waals surface area contributed by atoms with Crippen LogP contribution in [0.2, 0.25) is 5.02 Å². The van der Waals surface area contributed by atoms with Crippen LogP contribution in [0.5, 0.6) is 11.5 Å². The van der Waals surface area contributed by atoms with E-state index in [0.717, 1.165) is 0 Å². The van der Waals surface area contributed by atoms with E-state index in [1.54, 1.807) is 49.6 Å². The molecule has 33 heavy (non-hydrogen) atoms. The Bertz CT molecular complexity index is 1210. The van der Waals surface area contributed by atoms with Crippen molar-refractivity contribution in [2.45, 2.75) is 18.4 Å². The van der Waals surface area contributed by atoms with E-state index in [-0.39, 0.29) is 17.3 Å². The van der Waals surface area contributed by atoms with Gasteiger partial charge in [0, 0.05) is 35.4 Å². The molecule has 3 rings (SSSR count). The largest absolute Gasteiger partial charge is 0.497 e. The average Bonchev–Trinajstić information content (AvgIpc) is 2.81. The number of amides is 1. The maximum absolute atomic E-state index is 13.0. The lowest BCUT2D eigenvalue weighted by molar-refractivity contribution is 0.102. The van der Waals surface area contributed by atoms with Crippen molar-refractivity contribution in [3.05, 3.63) is 82.9 Å². The summed E-state index contributed by atoms with van der Waals surface area (Å²) in [6, 6.07) is 17.9. The maximum atomic E-state index is 13.0. The second kappa shape index (κ2) is 10.7. The molecule has 0 saturated carbocycles. The third-order valence-corrected chi connectivity index (χ3v) is 6.95. The summed E-state index contributed by atoms with van der Waals surface area (Å²) in [5.74, 6) is 0.866. The molecule has 0 aliphatic carbocycles. The summed E-state index contributed by atoms with van der Waals surface area (Å²) >= 11 is 5.88. The zero-order valence-corrected chi connectivity index (χ0v) is 20.1. The Balaban J connectivity index is 1.84. The van der Waals surface area contributed by atoms with E-state index < -0.39 is 10.0 Å². The van der Waals surface area contributed by atoms with Crippen LogP contribution in [0.15, 0.2) is 71.6 Å². The summed E-state index contributed by atoms with van der Waals surface area (Å²) in [5.41, 5.74) is 1.56. The van der Waals surface area contributed by atoms with Gasteiger partial charge in [-0.1, -0.05) is 11.6 Å². The molecule has 9 heteroatoms. The second-order valence-electron chi connectivity index (χ2n) is 7.15. The number of benzene rings is 3. The van der Waals surface area contributed by atoms with Gasteiger partial charge in [0.2, 0.25) is 10.0 Å². The van der Waals surface area contributed by atoms with E-state index in [1.807, 2.05) is 6.92 Å². The average molecular weight is 489 g/mol. The SMILES string of the molecule is CCOc1ccc(C(=O)Nc2ccc(OC)cc2)cc1CN(C)S(=O)(=O)c1ccc(Cl)cc1. The molecule has 0 radical (unpaired) electrons. The standard InChI is InChI=1S/C24H25ClN2O5S/c1-4-32-23-14-5-17(24(28)26-20-8-10-21(31-3)11-9-20)15-18(23)16-27(2)33(29,30)22-12-6-19(25)7-13-22/h5-15H,4,16H2,1-3H3,(H,26,28). The van der Waals surface area contributed by atoms with Crippen LogP contribution in [0.25, 0.3) is 0 Å². The summed E-state index contributed by atoms with van der Waals surface area (Å²) in [6.07, 6.45) is 0. The van der Waals surface area contributed by atoms with Crippen LogP contribution in [-0.4, -0.2) is 39.4 Å². The Morgan fingerprint density at radius 2 is 1.70 bits per heavy atom. The van der Waals surface area contributed by atoms with Gasteiger partial charge in [-0.25, -0.2) is 8.42 Å². The Kier molecular flexibility index (Phi) is 7.97. The number of nitrogens with one attached hydrogen (secondary N) is 1. The van der Waals surface area contributed by atoms with Gasteiger partial charge >= 0.3 is 0 Å². The van der Waals surface area contributed by atoms with Crippen LogP contribution in [0.3, 0.4) is 0 Å². The second-order valence-corrected chi connectivity index (χ2v) is 9.63. The maximum Gasteiger partial charge on any atom is 0.255 e. The van der Waals surface area contributed by atoms with E-state index >= 15 is 0 Å². The van der Waals surface area contributed by atoms with Gasteiger partial charge in [0.25, 0.3) is 5.91 Å². The minimum absolute atomic E-state index is 0.0178. The van der Waals surface area contributed by atoms with E-state index in [9.17, 15) is 13.2 Å². The minimum Gasteiger partial charge on any atom is -0.497 e. The van der Waals surface area contributed by atoms with Crippen molar-refractivity contribution in [2.24, 2.45) is 0 Å². The zero-order chi connectivity index (χ0) is 24.0. The van der Waals surface area contributed by atoms with Gasteiger partial charge < -0.3 is 14.8 Å². The number of carbonyl (C=O) groups is 1. The molecular weight excluding hydrogens is 464 g/mol. The molecule has 7 nitrogen and oxygen atoms in total. The molecule has 0 aliphatic heterocycles. The van der Waals surface area contributed by atoms with Crippen molar-refractivity contribution >= 4 is 33.2 Å². The molecule has 0 spiro atoms. The Morgan fingerprint density at radius 1 is 1.03 bits per heavy atom. The number of anilines is 1. The zero-order valence-electron chi connectivity index (χ0n) is 18.5. The van der Waals surface area contributed by atoms with Crippen LogP contribution in [0.1, 0.15) is 22.8 Å². The van der Waals surface area contributed by atoms with Gasteiger partial charge in [-0.2, -0.15) is 4.31 Å². The van der Waals surface area contributed by atoms with Crippen molar-refractivity contribution in [1.82, 2.24) is 4.31 Å². The lowest BCUT2D eigenvalue weighted by Gasteiger charge is -2.20. The van der Waals surface area contributed by atoms with Crippen molar-refractivity contribution in [3.8, 4) is 11.5 Å². The number of sulfonamides is 1. The molecule has 0 aromatic heterocycles. The first-order valence-electron chi connectivity index (χ1n) is 10.2. The first kappa shape index (κ1) is 24.6. The van der Waals surface area contributed by atoms with Crippen LogP contribution in [-0.2, 0) is 16.6 Å². The smallest absolute Gasteiger partial charge is 0.255 e. The van der Waals surface area contributed by atoms with Crippen molar-refractivity contribution in [1.29, 1.82) is 0 Å². The van der Waals surface area contributed by atoms with E-state index in [1.165, 1.54) is 35.6 Å². The Hall–Kier alpha value is -3.07. The number of hydrogen-bond acceptors (Lipinski definition) is 5. The van der Waals surface area contributed by atoms with Crippen molar-refractivity contribution in [3.63, 3.8) is 0 Å². The predicted octanol–water partition coefficient (Wildman–Crippen LogP) is 4.82. The summed E-state index contributed by atoms with van der Waals surface area (Å²) in [6.45, 7) is 2.25. The normalized spacial score (nSPS) is 11.3. The molecule has 1 N–H and O–H groups in total. The first-order valence-corrected chi connectivity index (χ1v) is 12.0. The third kappa shape index (κ3) is 6.04. The number of methoxy groups -OCH3 is 1. The van der Waals surface area contributed by atoms with Crippen molar-refractivity contribution < 1.29 is 22.7 Å². The highest BCUT2D eigenvalue weighted by Gasteiger charge is 2.23. The number of carbonyl (C=O) groups excluding carboxylic acids is 1. The number of nitrogens with zero attached hydrogens (tertiary/aromatic N) is 1. The number of rotatable bonds is 9. The summed E-state index contributed by atoms with van der Waals surface area (Å²) in [7, 11) is -0.723. The van der Waals surface area contributed by atoms with Crippen LogP contribution in [0, 0.1) is 0 Å². The van der Waals surface area contributed by atoms with Crippen LogP contribution < -0.4 is 14.8 Å². The molecule has 3 aromatic rings. The molecule has 0 saturated heterocycles. The Morgan fingerprint density at radius 3 is 2.30 bits per heavy atom. The quantitative estimate of drug-likeness (QED) is 0.466. The summed E-state index contributed by atoms with van der Waals surface area (Å²) in [4.78, 5) is 12.9. The molecule has 0 fully saturated rings. The van der Waals surface area contributed by atoms with Gasteiger partial charge in [-0.3, -0.25) is 4.79 Å². The van der Waals surface area contributed by atoms with Crippen LogP contribution >= 0.6 is 11.6 Å². The monoisotopic (exact) mass is 488 g/mol. The molecule has 174 valence electrons. The molecule has 0 bridgehead atoms. The Labute approximate surface area is 198 Å². The molecule has 0 heterocycles. The van der Waals surface area contributed by atoms with Gasteiger partial charge in [-0.15, -0.1) is 0 Å². The summed E-state index contributed by atoms with van der Waals surface area (Å²) in [5, 5.41) is 3.27. The first-order chi connectivity index (χ1) is 15.7. The molecule has 3 aromatic carbocycles. The fourth-order valence-electron chi connectivity index (χ4n) is 3.13. The topological polar surface area (TPSA) is 84.9 Å².